The van der Waals surface area contributed by atoms with Crippen molar-refractivity contribution < 1.29 is 17.7 Å². The first kappa shape index (κ1) is 24.6. The quantitative estimate of drug-likeness (QED) is 0.263. The first-order valence-electron chi connectivity index (χ1n) is 11.6. The van der Waals surface area contributed by atoms with Crippen LogP contribution in [0.1, 0.15) is 11.3 Å². The lowest BCUT2D eigenvalue weighted by atomic mass is 9.96. The fourth-order valence-corrected chi connectivity index (χ4v) is 4.35. The van der Waals surface area contributed by atoms with Crippen molar-refractivity contribution in [2.45, 2.75) is 12.7 Å². The van der Waals surface area contributed by atoms with Crippen LogP contribution in [-0.4, -0.2) is 29.5 Å². The molecular weight excluding hydrogens is 533 g/mol. The number of benzene rings is 2. The van der Waals surface area contributed by atoms with Gasteiger partial charge < -0.3 is 4.52 Å². The van der Waals surface area contributed by atoms with Crippen molar-refractivity contribution in [2.75, 3.05) is 0 Å². The van der Waals surface area contributed by atoms with Gasteiger partial charge in [-0.05, 0) is 34.9 Å². The molecule has 0 atom stereocenters. The van der Waals surface area contributed by atoms with Crippen LogP contribution in [0.25, 0.3) is 39.2 Å². The molecular formula is C27H16ClF3N6O2. The summed E-state index contributed by atoms with van der Waals surface area (Å²) in [4.78, 5) is 16.7. The van der Waals surface area contributed by atoms with Gasteiger partial charge in [-0.3, -0.25) is 4.98 Å². The lowest BCUT2D eigenvalue weighted by Crippen LogP contribution is -2.23. The summed E-state index contributed by atoms with van der Waals surface area (Å²) in [5.41, 5.74) is 3.51. The molecule has 0 unspecified atom stereocenters. The second kappa shape index (κ2) is 9.52. The van der Waals surface area contributed by atoms with E-state index >= 15 is 0 Å². The van der Waals surface area contributed by atoms with Crippen molar-refractivity contribution >= 4 is 17.2 Å². The number of aromatic nitrogens is 6. The molecule has 0 aliphatic rings. The van der Waals surface area contributed by atoms with E-state index in [9.17, 15) is 18.0 Å². The number of rotatable bonds is 5. The molecule has 8 nitrogen and oxygen atoms in total. The highest BCUT2D eigenvalue weighted by Gasteiger charge is 2.32. The Labute approximate surface area is 222 Å². The van der Waals surface area contributed by atoms with Gasteiger partial charge in [-0.2, -0.15) is 22.8 Å². The van der Waals surface area contributed by atoms with Crippen LogP contribution in [0.5, 0.6) is 0 Å². The van der Waals surface area contributed by atoms with Crippen molar-refractivity contribution in [2.24, 2.45) is 0 Å². The van der Waals surface area contributed by atoms with Gasteiger partial charge in [0.2, 0.25) is 0 Å². The van der Waals surface area contributed by atoms with Crippen molar-refractivity contribution in [1.82, 2.24) is 29.5 Å². The van der Waals surface area contributed by atoms with E-state index < -0.39 is 17.6 Å². The molecule has 0 radical (unpaired) electrons. The molecule has 2 aromatic carbocycles. The maximum atomic E-state index is 13.2. The second-order valence-corrected chi connectivity index (χ2v) is 9.06. The zero-order valence-corrected chi connectivity index (χ0v) is 20.6. The predicted octanol–water partition coefficient (Wildman–Crippen LogP) is 6.00. The zero-order chi connectivity index (χ0) is 27.1. The first-order chi connectivity index (χ1) is 18.8. The number of hydrogen-bond donors (Lipinski definition) is 0. The zero-order valence-electron chi connectivity index (χ0n) is 19.8. The summed E-state index contributed by atoms with van der Waals surface area (Å²) in [6.45, 7) is -0.0891. The SMILES string of the molecule is O=c1n(Cc2ccc(C(F)(F)F)nc2)nc2c(-c3ccc(-c4ccon4)cc3)c(-c3ccc(Cl)cc3)cnn12. The van der Waals surface area contributed by atoms with E-state index in [2.05, 4.69) is 20.3 Å². The van der Waals surface area contributed by atoms with Crippen LogP contribution in [0, 0.1) is 0 Å². The Morgan fingerprint density at radius 2 is 1.59 bits per heavy atom. The average molecular weight is 549 g/mol. The number of halogens is 4. The van der Waals surface area contributed by atoms with Crippen LogP contribution in [-0.2, 0) is 12.7 Å². The van der Waals surface area contributed by atoms with E-state index in [1.807, 2.05) is 36.4 Å². The Morgan fingerprint density at radius 3 is 2.23 bits per heavy atom. The second-order valence-electron chi connectivity index (χ2n) is 8.63. The molecule has 0 saturated heterocycles. The Hall–Kier alpha value is -4.77. The molecule has 0 N–H and O–H groups in total. The van der Waals surface area contributed by atoms with Crippen LogP contribution in [0.3, 0.4) is 0 Å². The van der Waals surface area contributed by atoms with E-state index in [-0.39, 0.29) is 12.2 Å². The number of fused-ring (bicyclic) bond motifs is 1. The topological polar surface area (TPSA) is 91.1 Å². The lowest BCUT2D eigenvalue weighted by molar-refractivity contribution is -0.141. The summed E-state index contributed by atoms with van der Waals surface area (Å²) in [6.07, 6.45) is -0.419. The van der Waals surface area contributed by atoms with Gasteiger partial charge in [0.05, 0.1) is 12.7 Å². The van der Waals surface area contributed by atoms with E-state index in [4.69, 9.17) is 16.1 Å². The van der Waals surface area contributed by atoms with Gasteiger partial charge in [0.25, 0.3) is 0 Å². The molecule has 12 heteroatoms. The minimum Gasteiger partial charge on any atom is -0.364 e. The molecule has 0 spiro atoms. The van der Waals surface area contributed by atoms with E-state index in [1.165, 1.54) is 12.3 Å². The summed E-state index contributed by atoms with van der Waals surface area (Å²) in [5.74, 6) is 0. The molecule has 6 aromatic rings. The average Bonchev–Trinajstić information content (AvgIpc) is 3.58. The standard InChI is InChI=1S/C27H16ClF3N6O2/c28-20-8-6-17(7-9-20)21-14-33-37-25(24(21)19-4-2-18(3-5-19)22-11-12-39-35-22)34-36(26(37)38)15-16-1-10-23(32-13-16)27(29,30)31/h1-14H,15H2. The normalized spacial score (nSPS) is 11.8. The van der Waals surface area contributed by atoms with E-state index in [1.54, 1.807) is 24.4 Å². The van der Waals surface area contributed by atoms with Gasteiger partial charge in [0.1, 0.15) is 17.7 Å². The van der Waals surface area contributed by atoms with Gasteiger partial charge >= 0.3 is 11.9 Å². The molecule has 194 valence electrons. The molecule has 0 aliphatic heterocycles. The van der Waals surface area contributed by atoms with Crippen LogP contribution in [0.15, 0.2) is 94.7 Å². The van der Waals surface area contributed by atoms with Gasteiger partial charge in [-0.25, -0.2) is 9.48 Å². The molecule has 0 fully saturated rings. The third kappa shape index (κ3) is 4.68. The molecule has 4 heterocycles. The monoisotopic (exact) mass is 548 g/mol. The number of alkyl halides is 3. The first-order valence-corrected chi connectivity index (χ1v) is 11.9. The Bertz CT molecular complexity index is 1830. The molecule has 4 aromatic heterocycles. The summed E-state index contributed by atoms with van der Waals surface area (Å²) >= 11 is 6.10. The van der Waals surface area contributed by atoms with Crippen LogP contribution in [0.2, 0.25) is 5.02 Å². The molecule has 0 amide bonds. The third-order valence-corrected chi connectivity index (χ3v) is 6.38. The summed E-state index contributed by atoms with van der Waals surface area (Å²) in [7, 11) is 0. The molecule has 0 bridgehead atoms. The van der Waals surface area contributed by atoms with Gasteiger partial charge in [0, 0.05) is 34.0 Å². The summed E-state index contributed by atoms with van der Waals surface area (Å²) in [6, 6.07) is 18.6. The number of hydrogen-bond acceptors (Lipinski definition) is 6. The van der Waals surface area contributed by atoms with Gasteiger partial charge in [0.15, 0.2) is 5.65 Å². The number of pyridine rings is 1. The highest BCUT2D eigenvalue weighted by Crippen LogP contribution is 2.35. The maximum absolute atomic E-state index is 13.2. The molecule has 39 heavy (non-hydrogen) atoms. The van der Waals surface area contributed by atoms with Crippen LogP contribution < -0.4 is 5.69 Å². The highest BCUT2D eigenvalue weighted by atomic mass is 35.5. The largest absolute Gasteiger partial charge is 0.433 e. The van der Waals surface area contributed by atoms with Crippen LogP contribution >= 0.6 is 11.6 Å². The Balaban J connectivity index is 1.48. The summed E-state index contributed by atoms with van der Waals surface area (Å²) < 4.78 is 46.0. The molecule has 6 rings (SSSR count). The minimum atomic E-state index is -4.56. The highest BCUT2D eigenvalue weighted by molar-refractivity contribution is 6.30. The fourth-order valence-electron chi connectivity index (χ4n) is 4.22. The Kier molecular flexibility index (Phi) is 5.99. The van der Waals surface area contributed by atoms with Crippen molar-refractivity contribution in [3.63, 3.8) is 0 Å². The lowest BCUT2D eigenvalue weighted by Gasteiger charge is -2.11. The van der Waals surface area contributed by atoms with Crippen molar-refractivity contribution in [3.05, 3.63) is 112 Å². The van der Waals surface area contributed by atoms with Crippen molar-refractivity contribution in [3.8, 4) is 33.5 Å². The van der Waals surface area contributed by atoms with Crippen molar-refractivity contribution in [1.29, 1.82) is 0 Å². The number of nitrogens with zero attached hydrogens (tertiary/aromatic N) is 6. The van der Waals surface area contributed by atoms with Gasteiger partial charge in [-0.1, -0.05) is 59.2 Å². The van der Waals surface area contributed by atoms with Crippen LogP contribution in [0.4, 0.5) is 13.2 Å². The van der Waals surface area contributed by atoms with E-state index in [0.29, 0.717) is 27.4 Å². The fraction of sp³-hybridized carbons (Fsp3) is 0.0741. The van der Waals surface area contributed by atoms with E-state index in [0.717, 1.165) is 38.2 Å². The Morgan fingerprint density at radius 1 is 0.872 bits per heavy atom. The molecule has 0 aliphatic carbocycles. The third-order valence-electron chi connectivity index (χ3n) is 6.12. The maximum Gasteiger partial charge on any atom is 0.433 e. The minimum absolute atomic E-state index is 0.0891. The smallest absolute Gasteiger partial charge is 0.364 e. The molecule has 0 saturated carbocycles. The predicted molar refractivity (Wildman–Crippen MR) is 137 cm³/mol. The van der Waals surface area contributed by atoms with Gasteiger partial charge in [-0.15, -0.1) is 5.10 Å². The summed E-state index contributed by atoms with van der Waals surface area (Å²) in [5, 5.41) is 13.4.